The van der Waals surface area contributed by atoms with Gasteiger partial charge in [0.15, 0.2) is 0 Å². The number of likely N-dealkylation sites (N-methyl/N-ethyl adjacent to an activating group) is 1. The van der Waals surface area contributed by atoms with E-state index in [4.69, 9.17) is 4.74 Å². The number of benzene rings is 2. The van der Waals surface area contributed by atoms with Gasteiger partial charge < -0.3 is 20.1 Å². The fraction of sp³-hybridized carbons (Fsp3) is 0.350. The lowest BCUT2D eigenvalue weighted by Gasteiger charge is -2.28. The summed E-state index contributed by atoms with van der Waals surface area (Å²) in [5.41, 5.74) is 3.29. The first kappa shape index (κ1) is 15.8. The number of phenolic OH excluding ortho intramolecular Hbond substituents is 1. The molecule has 5 heteroatoms. The van der Waals surface area contributed by atoms with Crippen molar-refractivity contribution in [3.63, 3.8) is 0 Å². The monoisotopic (exact) mass is 338 g/mol. The van der Waals surface area contributed by atoms with E-state index in [-0.39, 0.29) is 24.8 Å². The second kappa shape index (κ2) is 6.31. The summed E-state index contributed by atoms with van der Waals surface area (Å²) in [6.07, 6.45) is 1.53. The van der Waals surface area contributed by atoms with Gasteiger partial charge in [-0.1, -0.05) is 30.3 Å². The number of nitrogens with zero attached hydrogens (tertiary/aromatic N) is 1. The second-order valence-corrected chi connectivity index (χ2v) is 6.84. The zero-order valence-corrected chi connectivity index (χ0v) is 14.2. The number of aromatic hydroxyl groups is 1. The smallest absolute Gasteiger partial charge is 0.407 e. The molecule has 0 radical (unpaired) electrons. The Hall–Kier alpha value is -2.69. The highest BCUT2D eigenvalue weighted by Gasteiger charge is 2.46. The van der Waals surface area contributed by atoms with Gasteiger partial charge in [0.1, 0.15) is 12.4 Å². The molecule has 1 heterocycles. The van der Waals surface area contributed by atoms with E-state index >= 15 is 0 Å². The van der Waals surface area contributed by atoms with Crippen LogP contribution in [-0.4, -0.2) is 30.3 Å². The summed E-state index contributed by atoms with van der Waals surface area (Å²) in [5.74, 6) is 0.637. The summed E-state index contributed by atoms with van der Waals surface area (Å²) in [4.78, 5) is 14.4. The molecule has 25 heavy (non-hydrogen) atoms. The van der Waals surface area contributed by atoms with Gasteiger partial charge in [-0.2, -0.15) is 0 Å². The molecule has 2 N–H and O–H groups in total. The molecule has 1 aliphatic carbocycles. The van der Waals surface area contributed by atoms with E-state index in [1.165, 1.54) is 5.56 Å². The van der Waals surface area contributed by atoms with Crippen molar-refractivity contribution < 1.29 is 14.6 Å². The lowest BCUT2D eigenvalue weighted by molar-refractivity contribution is 0.135. The number of anilines is 1. The molecule has 0 spiro atoms. The maximum Gasteiger partial charge on any atom is 0.407 e. The van der Waals surface area contributed by atoms with Crippen LogP contribution in [0.25, 0.3) is 0 Å². The maximum atomic E-state index is 12.2. The molecule has 3 atom stereocenters. The number of fused-ring (bicyclic) bond motifs is 3. The van der Waals surface area contributed by atoms with Crippen molar-refractivity contribution >= 4 is 11.8 Å². The minimum absolute atomic E-state index is 0.0489. The Morgan fingerprint density at radius 2 is 2.04 bits per heavy atom. The Balaban J connectivity index is 1.41. The van der Waals surface area contributed by atoms with Gasteiger partial charge >= 0.3 is 6.09 Å². The van der Waals surface area contributed by atoms with Crippen LogP contribution in [-0.2, 0) is 11.3 Å². The summed E-state index contributed by atoms with van der Waals surface area (Å²) in [6, 6.07) is 15.4. The van der Waals surface area contributed by atoms with E-state index in [1.54, 1.807) is 6.07 Å². The Morgan fingerprint density at radius 1 is 1.24 bits per heavy atom. The Labute approximate surface area is 147 Å². The minimum atomic E-state index is -0.373. The number of carbonyl (C=O) groups is 1. The highest BCUT2D eigenvalue weighted by Crippen LogP contribution is 2.49. The van der Waals surface area contributed by atoms with E-state index in [9.17, 15) is 9.90 Å². The van der Waals surface area contributed by atoms with Gasteiger partial charge in [0.2, 0.25) is 0 Å². The Kier molecular flexibility index (Phi) is 3.99. The normalized spacial score (nSPS) is 23.9. The highest BCUT2D eigenvalue weighted by molar-refractivity contribution is 5.69. The van der Waals surface area contributed by atoms with Crippen LogP contribution in [0, 0.1) is 0 Å². The number of rotatable bonds is 3. The lowest BCUT2D eigenvalue weighted by Crippen LogP contribution is -2.47. The van der Waals surface area contributed by atoms with E-state index in [1.807, 2.05) is 42.5 Å². The number of ether oxygens (including phenoxy) is 1. The highest BCUT2D eigenvalue weighted by atomic mass is 16.5. The van der Waals surface area contributed by atoms with Crippen LogP contribution in [0.4, 0.5) is 10.5 Å². The standard InChI is InChI=1S/C20H22N2O3/c1-22-18-10-7-14(23)11-16(18)15-8-9-17(19(15)22)21-20(24)25-12-13-5-3-2-4-6-13/h2-7,10-11,15,17,19,23H,8-9,12H2,1H3,(H,21,24). The molecule has 1 aliphatic heterocycles. The zero-order valence-electron chi connectivity index (χ0n) is 14.2. The van der Waals surface area contributed by atoms with E-state index in [0.29, 0.717) is 11.7 Å². The average Bonchev–Trinajstić information content (AvgIpc) is 3.14. The third-order valence-corrected chi connectivity index (χ3v) is 5.37. The van der Waals surface area contributed by atoms with E-state index < -0.39 is 0 Å². The van der Waals surface area contributed by atoms with Gasteiger partial charge in [-0.25, -0.2) is 4.79 Å². The quantitative estimate of drug-likeness (QED) is 0.901. The fourth-order valence-corrected chi connectivity index (χ4v) is 4.25. The summed E-state index contributed by atoms with van der Waals surface area (Å²) in [6.45, 7) is 0.275. The number of nitrogens with one attached hydrogen (secondary N) is 1. The molecule has 2 aromatic rings. The van der Waals surface area contributed by atoms with Gasteiger partial charge in [-0.3, -0.25) is 0 Å². The summed E-state index contributed by atoms with van der Waals surface area (Å²) in [7, 11) is 2.05. The topological polar surface area (TPSA) is 61.8 Å². The van der Waals surface area contributed by atoms with Crippen LogP contribution in [0.3, 0.4) is 0 Å². The van der Waals surface area contributed by atoms with Crippen LogP contribution in [0.5, 0.6) is 5.75 Å². The van der Waals surface area contributed by atoms with Crippen molar-refractivity contribution in [3.05, 3.63) is 59.7 Å². The molecule has 1 saturated carbocycles. The molecule has 5 nitrogen and oxygen atoms in total. The van der Waals surface area contributed by atoms with Gasteiger partial charge in [0.05, 0.1) is 12.1 Å². The van der Waals surface area contributed by atoms with Crippen molar-refractivity contribution in [1.29, 1.82) is 0 Å². The van der Waals surface area contributed by atoms with Crippen molar-refractivity contribution in [1.82, 2.24) is 5.32 Å². The third kappa shape index (κ3) is 2.90. The van der Waals surface area contributed by atoms with Crippen LogP contribution in [0.2, 0.25) is 0 Å². The SMILES string of the molecule is CN1c2ccc(O)cc2C2CCC(NC(=O)OCc3ccccc3)C21. The Bertz CT molecular complexity index is 778. The summed E-state index contributed by atoms with van der Waals surface area (Å²) in [5, 5.41) is 12.8. The molecule has 1 fully saturated rings. The number of hydrogen-bond acceptors (Lipinski definition) is 4. The Morgan fingerprint density at radius 3 is 2.84 bits per heavy atom. The molecule has 4 rings (SSSR count). The van der Waals surface area contributed by atoms with Gasteiger partial charge in [0, 0.05) is 18.7 Å². The van der Waals surface area contributed by atoms with Crippen molar-refractivity contribution in [2.24, 2.45) is 0 Å². The third-order valence-electron chi connectivity index (χ3n) is 5.37. The number of phenols is 1. The molecule has 2 aliphatic rings. The largest absolute Gasteiger partial charge is 0.508 e. The summed E-state index contributed by atoms with van der Waals surface area (Å²) >= 11 is 0. The van der Waals surface area contributed by atoms with Gasteiger partial charge in [-0.05, 0) is 42.2 Å². The number of carbonyl (C=O) groups excluding carboxylic acids is 1. The fourth-order valence-electron chi connectivity index (χ4n) is 4.25. The van der Waals surface area contributed by atoms with Crippen molar-refractivity contribution in [2.45, 2.75) is 37.5 Å². The van der Waals surface area contributed by atoms with Crippen LogP contribution >= 0.6 is 0 Å². The maximum absolute atomic E-state index is 12.2. The molecule has 1 amide bonds. The number of alkyl carbamates (subject to hydrolysis) is 1. The van der Waals surface area contributed by atoms with Crippen molar-refractivity contribution in [3.8, 4) is 5.75 Å². The minimum Gasteiger partial charge on any atom is -0.508 e. The zero-order chi connectivity index (χ0) is 17.4. The van der Waals surface area contributed by atoms with Crippen LogP contribution in [0.15, 0.2) is 48.5 Å². The summed E-state index contributed by atoms with van der Waals surface area (Å²) < 4.78 is 5.36. The van der Waals surface area contributed by atoms with Crippen LogP contribution < -0.4 is 10.2 Å². The predicted molar refractivity (Wildman–Crippen MR) is 95.8 cm³/mol. The number of hydrogen-bond donors (Lipinski definition) is 2. The predicted octanol–water partition coefficient (Wildman–Crippen LogP) is 3.38. The van der Waals surface area contributed by atoms with Crippen LogP contribution in [0.1, 0.15) is 29.9 Å². The van der Waals surface area contributed by atoms with Gasteiger partial charge in [-0.15, -0.1) is 0 Å². The molecular formula is C20H22N2O3. The molecule has 2 aromatic carbocycles. The average molecular weight is 338 g/mol. The van der Waals surface area contributed by atoms with E-state index in [2.05, 4.69) is 17.3 Å². The molecule has 0 saturated heterocycles. The molecule has 3 unspecified atom stereocenters. The van der Waals surface area contributed by atoms with E-state index in [0.717, 1.165) is 24.1 Å². The molecule has 0 aromatic heterocycles. The second-order valence-electron chi connectivity index (χ2n) is 6.84. The first-order valence-electron chi connectivity index (χ1n) is 8.66. The number of amides is 1. The lowest BCUT2D eigenvalue weighted by atomic mass is 9.97. The van der Waals surface area contributed by atoms with Crippen molar-refractivity contribution in [2.75, 3.05) is 11.9 Å². The first-order valence-corrected chi connectivity index (χ1v) is 8.66. The first-order chi connectivity index (χ1) is 12.1. The molecule has 130 valence electrons. The molecular weight excluding hydrogens is 316 g/mol. The molecule has 0 bridgehead atoms. The van der Waals surface area contributed by atoms with Gasteiger partial charge in [0.25, 0.3) is 0 Å².